The molecule has 0 fully saturated rings. The number of benzene rings is 2. The van der Waals surface area contributed by atoms with E-state index >= 15 is 0 Å². The fourth-order valence-electron chi connectivity index (χ4n) is 2.28. The van der Waals surface area contributed by atoms with Crippen molar-refractivity contribution in [3.8, 4) is 0 Å². The molecule has 1 heterocycles. The Hall–Kier alpha value is -2.34. The molecule has 0 bridgehead atoms. The number of hydrogen-bond donors (Lipinski definition) is 2. The van der Waals surface area contributed by atoms with Gasteiger partial charge in [-0.2, -0.15) is 0 Å². The van der Waals surface area contributed by atoms with Crippen LogP contribution >= 0.6 is 34.5 Å². The molecule has 0 saturated heterocycles. The van der Waals surface area contributed by atoms with Gasteiger partial charge in [-0.25, -0.2) is 0 Å². The van der Waals surface area contributed by atoms with Crippen LogP contribution < -0.4 is 10.6 Å². The zero-order valence-corrected chi connectivity index (χ0v) is 15.8. The van der Waals surface area contributed by atoms with Gasteiger partial charge < -0.3 is 10.6 Å². The molecule has 132 valence electrons. The highest BCUT2D eigenvalue weighted by atomic mass is 35.5. The van der Waals surface area contributed by atoms with Crippen molar-refractivity contribution in [3.05, 3.63) is 80.5 Å². The Morgan fingerprint density at radius 2 is 1.73 bits per heavy atom. The molecule has 0 aliphatic heterocycles. The molecule has 0 spiro atoms. The van der Waals surface area contributed by atoms with Gasteiger partial charge in [0.15, 0.2) is 0 Å². The zero-order valence-electron chi connectivity index (χ0n) is 13.5. The van der Waals surface area contributed by atoms with Gasteiger partial charge in [-0.15, -0.1) is 11.3 Å². The molecule has 0 unspecified atom stereocenters. The van der Waals surface area contributed by atoms with Crippen molar-refractivity contribution in [2.75, 3.05) is 10.6 Å². The number of halogens is 2. The molecule has 3 aromatic rings. The third-order valence-electron chi connectivity index (χ3n) is 3.52. The number of amides is 2. The molecule has 3 rings (SSSR count). The van der Waals surface area contributed by atoms with Crippen LogP contribution in [0.1, 0.15) is 15.2 Å². The van der Waals surface area contributed by atoms with Crippen molar-refractivity contribution in [1.29, 1.82) is 0 Å². The summed E-state index contributed by atoms with van der Waals surface area (Å²) in [5.74, 6) is -0.389. The molecule has 2 aromatic carbocycles. The zero-order chi connectivity index (χ0) is 18.5. The first-order valence-electron chi connectivity index (χ1n) is 7.70. The third-order valence-corrected chi connectivity index (χ3v) is 4.96. The maximum Gasteiger partial charge on any atom is 0.265 e. The van der Waals surface area contributed by atoms with E-state index in [4.69, 9.17) is 23.2 Å². The van der Waals surface area contributed by atoms with Gasteiger partial charge in [-0.05, 0) is 47.3 Å². The molecular formula is C19H14Cl2N2O2S. The third kappa shape index (κ3) is 4.85. The molecule has 4 nitrogen and oxygen atoms in total. The van der Waals surface area contributed by atoms with Crippen LogP contribution in [-0.2, 0) is 11.2 Å². The molecule has 0 saturated carbocycles. The number of carbonyl (C=O) groups is 2. The van der Waals surface area contributed by atoms with E-state index in [1.807, 2.05) is 5.38 Å². The Balaban J connectivity index is 1.62. The van der Waals surface area contributed by atoms with Crippen LogP contribution in [0.25, 0.3) is 0 Å². The Morgan fingerprint density at radius 1 is 0.962 bits per heavy atom. The summed E-state index contributed by atoms with van der Waals surface area (Å²) in [5, 5.41) is 8.34. The molecular weight excluding hydrogens is 391 g/mol. The van der Waals surface area contributed by atoms with E-state index in [0.717, 1.165) is 5.56 Å². The molecule has 0 aliphatic rings. The van der Waals surface area contributed by atoms with Crippen molar-refractivity contribution in [2.24, 2.45) is 0 Å². The van der Waals surface area contributed by atoms with E-state index in [0.29, 0.717) is 26.3 Å². The summed E-state index contributed by atoms with van der Waals surface area (Å²) in [5.41, 5.74) is 1.90. The summed E-state index contributed by atoms with van der Waals surface area (Å²) in [4.78, 5) is 24.8. The van der Waals surface area contributed by atoms with E-state index in [1.165, 1.54) is 11.3 Å². The molecule has 1 aromatic heterocycles. The fraction of sp³-hybridized carbons (Fsp3) is 0.0526. The molecule has 7 heteroatoms. The Kier molecular flexibility index (Phi) is 5.93. The maximum absolute atomic E-state index is 12.1. The summed E-state index contributed by atoms with van der Waals surface area (Å²) >= 11 is 13.4. The average Bonchev–Trinajstić information content (AvgIpc) is 3.14. The van der Waals surface area contributed by atoms with Gasteiger partial charge in [0.2, 0.25) is 5.91 Å². The Morgan fingerprint density at radius 3 is 2.38 bits per heavy atom. The van der Waals surface area contributed by atoms with Crippen LogP contribution in [0, 0.1) is 0 Å². The van der Waals surface area contributed by atoms with Gasteiger partial charge in [0.25, 0.3) is 5.91 Å². The highest BCUT2D eigenvalue weighted by molar-refractivity contribution is 7.12. The Bertz CT molecular complexity index is 925. The normalized spacial score (nSPS) is 10.4. The van der Waals surface area contributed by atoms with Crippen LogP contribution in [0.2, 0.25) is 10.0 Å². The lowest BCUT2D eigenvalue weighted by Gasteiger charge is -2.10. The highest BCUT2D eigenvalue weighted by Gasteiger charge is 2.11. The predicted octanol–water partition coefficient (Wildman–Crippen LogP) is 5.49. The number of anilines is 2. The number of carbonyl (C=O) groups excluding carboxylic acids is 2. The minimum Gasteiger partial charge on any atom is -0.326 e. The number of hydrogen-bond acceptors (Lipinski definition) is 3. The summed E-state index contributed by atoms with van der Waals surface area (Å²) in [6.07, 6.45) is 0.228. The number of rotatable bonds is 5. The second-order valence-corrected chi connectivity index (χ2v) is 7.27. The smallest absolute Gasteiger partial charge is 0.265 e. The van der Waals surface area contributed by atoms with Crippen LogP contribution in [0.15, 0.2) is 60.0 Å². The van der Waals surface area contributed by atoms with Gasteiger partial charge in [-0.3, -0.25) is 9.59 Å². The quantitative estimate of drug-likeness (QED) is 0.590. The lowest BCUT2D eigenvalue weighted by Crippen LogP contribution is -2.15. The second kappa shape index (κ2) is 8.36. The van der Waals surface area contributed by atoms with Gasteiger partial charge in [0.05, 0.1) is 22.0 Å². The summed E-state index contributed by atoms with van der Waals surface area (Å²) in [6.45, 7) is 0. The minimum absolute atomic E-state index is 0.168. The lowest BCUT2D eigenvalue weighted by molar-refractivity contribution is -0.115. The fourth-order valence-corrected chi connectivity index (χ4v) is 3.25. The van der Waals surface area contributed by atoms with Crippen molar-refractivity contribution in [3.63, 3.8) is 0 Å². The minimum atomic E-state index is -0.221. The van der Waals surface area contributed by atoms with Crippen LogP contribution in [0.4, 0.5) is 11.4 Å². The number of nitrogens with one attached hydrogen (secondary N) is 2. The van der Waals surface area contributed by atoms with Crippen molar-refractivity contribution < 1.29 is 9.59 Å². The van der Waals surface area contributed by atoms with Crippen LogP contribution in [0.5, 0.6) is 0 Å². The summed E-state index contributed by atoms with van der Waals surface area (Å²) in [7, 11) is 0. The van der Waals surface area contributed by atoms with Crippen molar-refractivity contribution in [2.45, 2.75) is 6.42 Å². The van der Waals surface area contributed by atoms with Crippen molar-refractivity contribution >= 4 is 57.7 Å². The first-order chi connectivity index (χ1) is 12.5. The molecule has 0 radical (unpaired) electrons. The van der Waals surface area contributed by atoms with E-state index in [9.17, 15) is 9.59 Å². The standard InChI is InChI=1S/C19H14Cl2N2O2S/c20-13-5-3-12(4-6-13)10-18(24)22-14-7-8-16(15(21)11-14)23-19(25)17-2-1-9-26-17/h1-9,11H,10H2,(H,22,24)(H,23,25). The first-order valence-corrected chi connectivity index (χ1v) is 9.33. The van der Waals surface area contributed by atoms with E-state index in [-0.39, 0.29) is 18.2 Å². The molecule has 26 heavy (non-hydrogen) atoms. The molecule has 0 aliphatic carbocycles. The van der Waals surface area contributed by atoms with Gasteiger partial charge in [0, 0.05) is 10.7 Å². The summed E-state index contributed by atoms with van der Waals surface area (Å²) < 4.78 is 0. The SMILES string of the molecule is O=C(Cc1ccc(Cl)cc1)Nc1ccc(NC(=O)c2cccs2)c(Cl)c1. The van der Waals surface area contributed by atoms with E-state index < -0.39 is 0 Å². The van der Waals surface area contributed by atoms with Gasteiger partial charge >= 0.3 is 0 Å². The van der Waals surface area contributed by atoms with Gasteiger partial charge in [-0.1, -0.05) is 41.4 Å². The van der Waals surface area contributed by atoms with Crippen molar-refractivity contribution in [1.82, 2.24) is 0 Å². The molecule has 0 atom stereocenters. The van der Waals surface area contributed by atoms with Crippen LogP contribution in [-0.4, -0.2) is 11.8 Å². The van der Waals surface area contributed by atoms with E-state index in [1.54, 1.807) is 54.6 Å². The van der Waals surface area contributed by atoms with Crippen LogP contribution in [0.3, 0.4) is 0 Å². The lowest BCUT2D eigenvalue weighted by atomic mass is 10.1. The summed E-state index contributed by atoms with van der Waals surface area (Å²) in [6, 6.07) is 15.6. The Labute approximate surface area is 164 Å². The average molecular weight is 405 g/mol. The topological polar surface area (TPSA) is 58.2 Å². The highest BCUT2D eigenvalue weighted by Crippen LogP contribution is 2.26. The largest absolute Gasteiger partial charge is 0.326 e. The van der Waals surface area contributed by atoms with E-state index in [2.05, 4.69) is 10.6 Å². The first kappa shape index (κ1) is 18.5. The molecule has 2 N–H and O–H groups in total. The second-order valence-electron chi connectivity index (χ2n) is 5.48. The monoisotopic (exact) mass is 404 g/mol. The number of thiophene rings is 1. The predicted molar refractivity (Wildman–Crippen MR) is 108 cm³/mol. The van der Waals surface area contributed by atoms with Gasteiger partial charge in [0.1, 0.15) is 0 Å². The molecule has 2 amide bonds. The maximum atomic E-state index is 12.1.